The van der Waals surface area contributed by atoms with Crippen LogP contribution in [0.4, 0.5) is 0 Å². The van der Waals surface area contributed by atoms with E-state index in [0.29, 0.717) is 13.0 Å². The van der Waals surface area contributed by atoms with Gasteiger partial charge >= 0.3 is 0 Å². The van der Waals surface area contributed by atoms with Crippen molar-refractivity contribution in [3.63, 3.8) is 0 Å². The summed E-state index contributed by atoms with van der Waals surface area (Å²) in [5.74, 6) is -0.0560. The molecule has 0 aliphatic heterocycles. The topological polar surface area (TPSA) is 46.4 Å². The summed E-state index contributed by atoms with van der Waals surface area (Å²) in [6, 6.07) is 18.3. The molecule has 132 valence electrons. The molecule has 4 heteroatoms. The summed E-state index contributed by atoms with van der Waals surface area (Å²) < 4.78 is 2.34. The van der Waals surface area contributed by atoms with Crippen LogP contribution in [0.1, 0.15) is 36.1 Å². The lowest BCUT2D eigenvalue weighted by Crippen LogP contribution is -2.20. The lowest BCUT2D eigenvalue weighted by molar-refractivity contribution is -0.121. The summed E-state index contributed by atoms with van der Waals surface area (Å²) in [5, 5.41) is 5.41. The predicted molar refractivity (Wildman–Crippen MR) is 105 cm³/mol. The molecule has 2 aromatic carbocycles. The van der Waals surface area contributed by atoms with Gasteiger partial charge in [-0.05, 0) is 42.9 Å². The summed E-state index contributed by atoms with van der Waals surface area (Å²) in [4.78, 5) is 12.2. The van der Waals surface area contributed by atoms with E-state index in [0.717, 1.165) is 18.4 Å². The largest absolute Gasteiger partial charge is 0.344 e. The van der Waals surface area contributed by atoms with Crippen LogP contribution in [0, 0.1) is 0 Å². The van der Waals surface area contributed by atoms with Crippen LogP contribution in [0.3, 0.4) is 0 Å². The van der Waals surface area contributed by atoms with Gasteiger partial charge in [-0.15, -0.1) is 0 Å². The van der Waals surface area contributed by atoms with Crippen molar-refractivity contribution >= 4 is 23.0 Å². The third-order valence-corrected chi connectivity index (χ3v) is 5.05. The number of carbonyl (C=O) groups is 1. The summed E-state index contributed by atoms with van der Waals surface area (Å²) in [6.07, 6.45) is 6.85. The number of aromatic nitrogens is 1. The van der Waals surface area contributed by atoms with Crippen LogP contribution in [-0.4, -0.2) is 16.7 Å². The number of rotatable bonds is 5. The lowest BCUT2D eigenvalue weighted by atomic mass is 9.95. The Hall–Kier alpha value is -2.88. The predicted octanol–water partition coefficient (Wildman–Crippen LogP) is 4.06. The molecular formula is C22H23N3O. The maximum Gasteiger partial charge on any atom is 0.241 e. The van der Waals surface area contributed by atoms with E-state index in [-0.39, 0.29) is 5.91 Å². The first-order chi connectivity index (χ1) is 12.8. The first-order valence-corrected chi connectivity index (χ1v) is 9.29. The molecule has 0 radical (unpaired) electrons. The average molecular weight is 345 g/mol. The van der Waals surface area contributed by atoms with Crippen LogP contribution in [0.5, 0.6) is 0 Å². The van der Waals surface area contributed by atoms with Crippen molar-refractivity contribution in [1.82, 2.24) is 9.99 Å². The number of nitrogens with one attached hydrogen (secondary N) is 1. The Balaban J connectivity index is 1.45. The van der Waals surface area contributed by atoms with Crippen molar-refractivity contribution in [3.8, 4) is 0 Å². The van der Waals surface area contributed by atoms with Gasteiger partial charge in [0.15, 0.2) is 0 Å². The van der Waals surface area contributed by atoms with Gasteiger partial charge in [0.25, 0.3) is 0 Å². The molecule has 4 nitrogen and oxygen atoms in total. The summed E-state index contributed by atoms with van der Waals surface area (Å²) >= 11 is 0. The molecule has 26 heavy (non-hydrogen) atoms. The highest BCUT2D eigenvalue weighted by Gasteiger charge is 2.19. The van der Waals surface area contributed by atoms with Gasteiger partial charge in [-0.1, -0.05) is 48.5 Å². The quantitative estimate of drug-likeness (QED) is 0.550. The number of para-hydroxylation sites is 1. The van der Waals surface area contributed by atoms with E-state index in [1.807, 2.05) is 30.3 Å². The van der Waals surface area contributed by atoms with Crippen LogP contribution in [0.2, 0.25) is 0 Å². The minimum atomic E-state index is -0.0560. The van der Waals surface area contributed by atoms with Crippen LogP contribution in [-0.2, 0) is 24.2 Å². The second kappa shape index (κ2) is 7.56. The maximum absolute atomic E-state index is 12.2. The number of fused-ring (bicyclic) bond motifs is 3. The molecule has 0 saturated carbocycles. The number of hydrazone groups is 1. The van der Waals surface area contributed by atoms with Crippen molar-refractivity contribution in [3.05, 3.63) is 71.4 Å². The zero-order chi connectivity index (χ0) is 17.8. The SMILES string of the molecule is O=C(CCn1c2c(c3ccccc31)CCCC2)N/N=C/c1ccccc1. The fourth-order valence-corrected chi connectivity index (χ4v) is 3.83. The molecular weight excluding hydrogens is 322 g/mol. The van der Waals surface area contributed by atoms with Crippen LogP contribution in [0.15, 0.2) is 59.7 Å². The summed E-state index contributed by atoms with van der Waals surface area (Å²) in [6.45, 7) is 0.697. The van der Waals surface area contributed by atoms with Gasteiger partial charge in [0.1, 0.15) is 0 Å². The Labute approximate surface area is 153 Å². The zero-order valence-electron chi connectivity index (χ0n) is 14.8. The number of aryl methyl sites for hydroxylation is 2. The Kier molecular flexibility index (Phi) is 4.82. The average Bonchev–Trinajstić information content (AvgIpc) is 3.01. The maximum atomic E-state index is 12.2. The second-order valence-corrected chi connectivity index (χ2v) is 6.76. The second-order valence-electron chi connectivity index (χ2n) is 6.76. The molecule has 1 aliphatic rings. The fourth-order valence-electron chi connectivity index (χ4n) is 3.83. The van der Waals surface area contributed by atoms with E-state index >= 15 is 0 Å². The third kappa shape index (κ3) is 3.40. The first-order valence-electron chi connectivity index (χ1n) is 9.29. The normalized spacial score (nSPS) is 13.8. The lowest BCUT2D eigenvalue weighted by Gasteiger charge is -2.15. The van der Waals surface area contributed by atoms with Crippen molar-refractivity contribution in [2.24, 2.45) is 5.10 Å². The Morgan fingerprint density at radius 1 is 1.04 bits per heavy atom. The molecule has 0 atom stereocenters. The highest BCUT2D eigenvalue weighted by atomic mass is 16.2. The zero-order valence-corrected chi connectivity index (χ0v) is 14.8. The van der Waals surface area contributed by atoms with Gasteiger partial charge in [0, 0.05) is 29.6 Å². The minimum Gasteiger partial charge on any atom is -0.344 e. The molecule has 4 rings (SSSR count). The fraction of sp³-hybridized carbons (Fsp3) is 0.273. The summed E-state index contributed by atoms with van der Waals surface area (Å²) in [5.41, 5.74) is 7.76. The molecule has 0 spiro atoms. The van der Waals surface area contributed by atoms with Crippen LogP contribution >= 0.6 is 0 Å². The van der Waals surface area contributed by atoms with Crippen LogP contribution in [0.25, 0.3) is 10.9 Å². The number of hydrogen-bond acceptors (Lipinski definition) is 2. The van der Waals surface area contributed by atoms with Crippen molar-refractivity contribution in [2.45, 2.75) is 38.6 Å². The molecule has 3 aromatic rings. The molecule has 1 heterocycles. The molecule has 1 aliphatic carbocycles. The van der Waals surface area contributed by atoms with E-state index < -0.39 is 0 Å². The van der Waals surface area contributed by atoms with Gasteiger partial charge < -0.3 is 4.57 Å². The number of carbonyl (C=O) groups excluding carboxylic acids is 1. The van der Waals surface area contributed by atoms with Gasteiger partial charge in [-0.25, -0.2) is 5.43 Å². The van der Waals surface area contributed by atoms with E-state index in [9.17, 15) is 4.79 Å². The molecule has 0 unspecified atom stereocenters. The molecule has 1 amide bonds. The number of amides is 1. The summed E-state index contributed by atoms with van der Waals surface area (Å²) in [7, 11) is 0. The molecule has 0 bridgehead atoms. The minimum absolute atomic E-state index is 0.0560. The van der Waals surface area contributed by atoms with Crippen molar-refractivity contribution in [2.75, 3.05) is 0 Å². The van der Waals surface area contributed by atoms with Crippen LogP contribution < -0.4 is 5.43 Å². The van der Waals surface area contributed by atoms with Crippen molar-refractivity contribution < 1.29 is 4.79 Å². The van der Waals surface area contributed by atoms with E-state index in [4.69, 9.17) is 0 Å². The first kappa shape index (κ1) is 16.6. The van der Waals surface area contributed by atoms with Crippen molar-refractivity contribution in [1.29, 1.82) is 0 Å². The molecule has 0 saturated heterocycles. The van der Waals surface area contributed by atoms with Gasteiger partial charge in [-0.2, -0.15) is 5.10 Å². The highest BCUT2D eigenvalue weighted by molar-refractivity contribution is 5.86. The third-order valence-electron chi connectivity index (χ3n) is 5.05. The molecule has 1 N–H and O–H groups in total. The number of hydrogen-bond donors (Lipinski definition) is 1. The monoisotopic (exact) mass is 345 g/mol. The molecule has 1 aromatic heterocycles. The Morgan fingerprint density at radius 2 is 1.81 bits per heavy atom. The Morgan fingerprint density at radius 3 is 2.69 bits per heavy atom. The Bertz CT molecular complexity index is 941. The number of benzene rings is 2. The standard InChI is InChI=1S/C22H23N3O/c26-22(24-23-16-17-8-2-1-3-9-17)14-15-25-20-12-6-4-10-18(20)19-11-5-7-13-21(19)25/h1-4,6,8-10,12,16H,5,7,11,13-15H2,(H,24,26)/b23-16+. The number of nitrogens with zero attached hydrogens (tertiary/aromatic N) is 2. The smallest absolute Gasteiger partial charge is 0.241 e. The van der Waals surface area contributed by atoms with Gasteiger partial charge in [0.2, 0.25) is 5.91 Å². The van der Waals surface area contributed by atoms with E-state index in [2.05, 4.69) is 39.4 Å². The van der Waals surface area contributed by atoms with E-state index in [1.165, 1.54) is 35.0 Å². The highest BCUT2D eigenvalue weighted by Crippen LogP contribution is 2.32. The van der Waals surface area contributed by atoms with Gasteiger partial charge in [-0.3, -0.25) is 4.79 Å². The van der Waals surface area contributed by atoms with E-state index in [1.54, 1.807) is 6.21 Å². The van der Waals surface area contributed by atoms with Gasteiger partial charge in [0.05, 0.1) is 6.21 Å². The molecule has 0 fully saturated rings.